The molecule has 3 N–H and O–H groups in total. The summed E-state index contributed by atoms with van der Waals surface area (Å²) in [5, 5.41) is 15.7. The Kier molecular flexibility index (Phi) is 7.36. The molecule has 0 unspecified atom stereocenters. The van der Waals surface area contributed by atoms with Crippen LogP contribution in [0.1, 0.15) is 75.2 Å². The zero-order valence-corrected chi connectivity index (χ0v) is 18.7. The number of phenols is 1. The molecule has 3 atom stereocenters. The molecule has 1 heterocycles. The molecule has 2 aliphatic rings. The van der Waals surface area contributed by atoms with E-state index in [1.54, 1.807) is 19.1 Å². The summed E-state index contributed by atoms with van der Waals surface area (Å²) in [6.07, 6.45) is 5.88. The van der Waals surface area contributed by atoms with Crippen molar-refractivity contribution in [1.29, 1.82) is 0 Å². The number of carbonyl (C=O) groups is 3. The van der Waals surface area contributed by atoms with E-state index in [2.05, 4.69) is 17.6 Å². The SMILES string of the molecule is CCCc1cc(C(=O)N[C@@H](CC2(C)CCCC2)C(=O)N[C@@H]2C(=O)CO[C@H]2C)ccc1O. The maximum absolute atomic E-state index is 13.1. The summed E-state index contributed by atoms with van der Waals surface area (Å²) in [6.45, 7) is 5.91. The number of carbonyl (C=O) groups excluding carboxylic acids is 3. The Morgan fingerprint density at radius 1 is 1.29 bits per heavy atom. The molecule has 7 nitrogen and oxygen atoms in total. The van der Waals surface area contributed by atoms with E-state index in [-0.39, 0.29) is 41.5 Å². The van der Waals surface area contributed by atoms with Crippen LogP contribution in [0.15, 0.2) is 18.2 Å². The molecular formula is C24H34N2O5. The fourth-order valence-corrected chi connectivity index (χ4v) is 4.69. The highest BCUT2D eigenvalue weighted by atomic mass is 16.5. The van der Waals surface area contributed by atoms with Gasteiger partial charge in [-0.1, -0.05) is 33.1 Å². The van der Waals surface area contributed by atoms with Gasteiger partial charge in [-0.05, 0) is 61.8 Å². The van der Waals surface area contributed by atoms with Crippen molar-refractivity contribution in [2.45, 2.75) is 83.9 Å². The number of amides is 2. The van der Waals surface area contributed by atoms with Crippen molar-refractivity contribution in [3.05, 3.63) is 29.3 Å². The fourth-order valence-electron chi connectivity index (χ4n) is 4.69. The lowest BCUT2D eigenvalue weighted by Crippen LogP contribution is -2.54. The molecular weight excluding hydrogens is 396 g/mol. The predicted molar refractivity (Wildman–Crippen MR) is 117 cm³/mol. The van der Waals surface area contributed by atoms with Gasteiger partial charge in [0.2, 0.25) is 5.91 Å². The molecule has 2 fully saturated rings. The highest BCUT2D eigenvalue weighted by Crippen LogP contribution is 2.41. The minimum Gasteiger partial charge on any atom is -0.508 e. The number of ketones is 1. The highest BCUT2D eigenvalue weighted by Gasteiger charge is 2.39. The molecule has 1 saturated heterocycles. The number of ether oxygens (including phenoxy) is 1. The lowest BCUT2D eigenvalue weighted by molar-refractivity contribution is -0.128. The van der Waals surface area contributed by atoms with Gasteiger partial charge < -0.3 is 20.5 Å². The molecule has 1 saturated carbocycles. The average Bonchev–Trinajstić information content (AvgIpc) is 3.29. The summed E-state index contributed by atoms with van der Waals surface area (Å²) in [5.41, 5.74) is 1.09. The summed E-state index contributed by atoms with van der Waals surface area (Å²) >= 11 is 0. The van der Waals surface area contributed by atoms with Crippen LogP contribution in [-0.2, 0) is 20.7 Å². The minimum atomic E-state index is -0.750. The van der Waals surface area contributed by atoms with E-state index in [0.29, 0.717) is 24.0 Å². The Bertz CT molecular complexity index is 831. The molecule has 0 radical (unpaired) electrons. The zero-order valence-electron chi connectivity index (χ0n) is 18.7. The van der Waals surface area contributed by atoms with E-state index in [0.717, 1.165) is 32.1 Å². The third-order valence-electron chi connectivity index (χ3n) is 6.59. The Balaban J connectivity index is 1.77. The summed E-state index contributed by atoms with van der Waals surface area (Å²) in [7, 11) is 0. The average molecular weight is 431 g/mol. The fraction of sp³-hybridized carbons (Fsp3) is 0.625. The number of aryl methyl sites for hydroxylation is 1. The number of nitrogens with one attached hydrogen (secondary N) is 2. The highest BCUT2D eigenvalue weighted by molar-refractivity contribution is 5.99. The first kappa shape index (κ1) is 23.3. The van der Waals surface area contributed by atoms with Crippen molar-refractivity contribution in [1.82, 2.24) is 10.6 Å². The van der Waals surface area contributed by atoms with Gasteiger partial charge >= 0.3 is 0 Å². The summed E-state index contributed by atoms with van der Waals surface area (Å²) < 4.78 is 5.33. The lowest BCUT2D eigenvalue weighted by Gasteiger charge is -2.30. The van der Waals surface area contributed by atoms with Gasteiger partial charge in [0.05, 0.1) is 6.10 Å². The number of phenolic OH excluding ortho intramolecular Hbond substituents is 1. The van der Waals surface area contributed by atoms with E-state index in [4.69, 9.17) is 4.74 Å². The molecule has 1 aromatic carbocycles. The van der Waals surface area contributed by atoms with Crippen LogP contribution in [0.25, 0.3) is 0 Å². The molecule has 1 aliphatic heterocycles. The van der Waals surface area contributed by atoms with Crippen LogP contribution in [0, 0.1) is 5.41 Å². The van der Waals surface area contributed by atoms with Crippen molar-refractivity contribution in [3.8, 4) is 5.75 Å². The van der Waals surface area contributed by atoms with E-state index >= 15 is 0 Å². The summed E-state index contributed by atoms with van der Waals surface area (Å²) in [5.74, 6) is -0.702. The van der Waals surface area contributed by atoms with Gasteiger partial charge in [-0.25, -0.2) is 0 Å². The Labute approximate surface area is 183 Å². The van der Waals surface area contributed by atoms with E-state index in [9.17, 15) is 19.5 Å². The molecule has 0 bridgehead atoms. The van der Waals surface area contributed by atoms with Gasteiger partial charge in [0.15, 0.2) is 5.78 Å². The number of aromatic hydroxyl groups is 1. The number of benzene rings is 1. The lowest BCUT2D eigenvalue weighted by atomic mass is 9.81. The quantitative estimate of drug-likeness (QED) is 0.588. The predicted octanol–water partition coefficient (Wildman–Crippen LogP) is 2.89. The second kappa shape index (κ2) is 9.81. The van der Waals surface area contributed by atoms with Crippen molar-refractivity contribution in [2.24, 2.45) is 5.41 Å². The van der Waals surface area contributed by atoms with Crippen LogP contribution in [0.2, 0.25) is 0 Å². The van der Waals surface area contributed by atoms with Crippen LogP contribution in [0.5, 0.6) is 5.75 Å². The molecule has 3 rings (SSSR count). The first-order chi connectivity index (χ1) is 14.7. The van der Waals surface area contributed by atoms with Crippen molar-refractivity contribution < 1.29 is 24.2 Å². The molecule has 7 heteroatoms. The van der Waals surface area contributed by atoms with E-state index in [1.165, 1.54) is 6.07 Å². The Morgan fingerprint density at radius 2 is 2.00 bits per heavy atom. The second-order valence-electron chi connectivity index (χ2n) is 9.31. The van der Waals surface area contributed by atoms with Crippen LogP contribution >= 0.6 is 0 Å². The largest absolute Gasteiger partial charge is 0.508 e. The number of Topliss-reactive ketones (excluding diaryl/α,β-unsaturated/α-hetero) is 1. The minimum absolute atomic E-state index is 0.00539. The normalized spacial score (nSPS) is 23.5. The van der Waals surface area contributed by atoms with Gasteiger partial charge in [-0.2, -0.15) is 0 Å². The van der Waals surface area contributed by atoms with Crippen LogP contribution < -0.4 is 10.6 Å². The van der Waals surface area contributed by atoms with Crippen LogP contribution in [0.3, 0.4) is 0 Å². The van der Waals surface area contributed by atoms with Gasteiger partial charge in [0.25, 0.3) is 5.91 Å². The first-order valence-corrected chi connectivity index (χ1v) is 11.3. The topological polar surface area (TPSA) is 105 Å². The molecule has 170 valence electrons. The Morgan fingerprint density at radius 3 is 2.61 bits per heavy atom. The van der Waals surface area contributed by atoms with E-state index < -0.39 is 12.1 Å². The molecule has 0 spiro atoms. The van der Waals surface area contributed by atoms with Crippen LogP contribution in [-0.4, -0.2) is 47.5 Å². The van der Waals surface area contributed by atoms with Gasteiger partial charge in [-0.15, -0.1) is 0 Å². The van der Waals surface area contributed by atoms with Crippen molar-refractivity contribution in [2.75, 3.05) is 6.61 Å². The van der Waals surface area contributed by atoms with Gasteiger partial charge in [-0.3, -0.25) is 14.4 Å². The van der Waals surface area contributed by atoms with Crippen molar-refractivity contribution >= 4 is 17.6 Å². The maximum Gasteiger partial charge on any atom is 0.251 e. The second-order valence-corrected chi connectivity index (χ2v) is 9.31. The number of rotatable bonds is 8. The van der Waals surface area contributed by atoms with Crippen molar-refractivity contribution in [3.63, 3.8) is 0 Å². The molecule has 1 aliphatic carbocycles. The molecule has 0 aromatic heterocycles. The number of hydrogen-bond acceptors (Lipinski definition) is 5. The van der Waals surface area contributed by atoms with Crippen LogP contribution in [0.4, 0.5) is 0 Å². The standard InChI is InChI=1S/C24H34N2O5/c1-4-7-16-12-17(8-9-19(16)27)22(29)25-18(13-24(3)10-5-6-11-24)23(30)26-21-15(2)31-14-20(21)28/h8-9,12,15,18,21,27H,4-7,10-11,13-14H2,1-3H3,(H,25,29)(H,26,30)/t15-,18-,21-/m0/s1. The van der Waals surface area contributed by atoms with Gasteiger partial charge in [0, 0.05) is 5.56 Å². The summed E-state index contributed by atoms with van der Waals surface area (Å²) in [4.78, 5) is 38.2. The zero-order chi connectivity index (χ0) is 22.6. The molecule has 2 amide bonds. The summed E-state index contributed by atoms with van der Waals surface area (Å²) in [6, 6.07) is 3.32. The smallest absolute Gasteiger partial charge is 0.251 e. The third kappa shape index (κ3) is 5.64. The Hall–Kier alpha value is -2.41. The molecule has 1 aromatic rings. The molecule has 31 heavy (non-hydrogen) atoms. The first-order valence-electron chi connectivity index (χ1n) is 11.3. The number of hydrogen-bond donors (Lipinski definition) is 3. The van der Waals surface area contributed by atoms with Gasteiger partial charge in [0.1, 0.15) is 24.4 Å². The monoisotopic (exact) mass is 430 g/mol. The third-order valence-corrected chi connectivity index (χ3v) is 6.59. The van der Waals surface area contributed by atoms with E-state index in [1.807, 2.05) is 6.92 Å². The maximum atomic E-state index is 13.1.